The average molecular weight is 483 g/mol. The number of carbonyl (C=O) groups is 2. The number of amides is 2. The van der Waals surface area contributed by atoms with E-state index in [0.29, 0.717) is 19.6 Å². The predicted octanol–water partition coefficient (Wildman–Crippen LogP) is 5.44. The molecule has 0 fully saturated rings. The average Bonchev–Trinajstić information content (AvgIpc) is 2.91. The molecule has 0 aliphatic rings. The number of fused-ring (bicyclic) bond motifs is 1. The normalized spacial score (nSPS) is 11.7. The lowest BCUT2D eigenvalue weighted by atomic mass is 9.94. The number of nitrogens with two attached hydrogens (primary N) is 1. The molecule has 184 valence electrons. The van der Waals surface area contributed by atoms with Crippen LogP contribution in [0.3, 0.4) is 0 Å². The minimum atomic E-state index is -0.465. The van der Waals surface area contributed by atoms with Gasteiger partial charge in [-0.25, -0.2) is 4.79 Å². The molecule has 6 nitrogen and oxygen atoms in total. The van der Waals surface area contributed by atoms with Crippen LogP contribution in [-0.4, -0.2) is 18.5 Å². The van der Waals surface area contributed by atoms with Crippen LogP contribution in [0, 0.1) is 0 Å². The van der Waals surface area contributed by atoms with Gasteiger partial charge >= 0.3 is 6.09 Å². The molecule has 0 bridgehead atoms. The maximum atomic E-state index is 12.1. The zero-order chi connectivity index (χ0) is 25.2. The number of rotatable bonds is 11. The van der Waals surface area contributed by atoms with Gasteiger partial charge in [0.25, 0.3) is 0 Å². The van der Waals surface area contributed by atoms with E-state index in [2.05, 4.69) is 5.32 Å². The molecule has 1 atom stereocenters. The van der Waals surface area contributed by atoms with Crippen molar-refractivity contribution in [2.45, 2.75) is 32.2 Å². The van der Waals surface area contributed by atoms with Gasteiger partial charge in [-0.15, -0.1) is 0 Å². The first kappa shape index (κ1) is 24.9. The Hall–Kier alpha value is -4.16. The Morgan fingerprint density at radius 2 is 1.39 bits per heavy atom. The van der Waals surface area contributed by atoms with Crippen LogP contribution in [-0.2, 0) is 33.9 Å². The van der Waals surface area contributed by atoms with Crippen LogP contribution in [0.15, 0.2) is 97.1 Å². The Balaban J connectivity index is 1.43. The Labute approximate surface area is 211 Å². The zero-order valence-electron chi connectivity index (χ0n) is 20.1. The van der Waals surface area contributed by atoms with E-state index in [4.69, 9.17) is 15.2 Å². The predicted molar refractivity (Wildman–Crippen MR) is 140 cm³/mol. The summed E-state index contributed by atoms with van der Waals surface area (Å²) in [5, 5.41) is 4.87. The summed E-state index contributed by atoms with van der Waals surface area (Å²) in [6.45, 7) is 1.05. The molecule has 0 saturated heterocycles. The maximum absolute atomic E-state index is 12.1. The van der Waals surface area contributed by atoms with E-state index in [9.17, 15) is 9.59 Å². The summed E-state index contributed by atoms with van der Waals surface area (Å²) in [5.41, 5.74) is 9.52. The fraction of sp³-hybridized carbons (Fsp3) is 0.200. The van der Waals surface area contributed by atoms with Gasteiger partial charge in [-0.2, -0.15) is 0 Å². The van der Waals surface area contributed by atoms with Crippen LogP contribution < -0.4 is 11.1 Å². The summed E-state index contributed by atoms with van der Waals surface area (Å²) in [7, 11) is 0. The van der Waals surface area contributed by atoms with Crippen LogP contribution >= 0.6 is 0 Å². The molecule has 0 radical (unpaired) electrons. The summed E-state index contributed by atoms with van der Waals surface area (Å²) in [5.74, 6) is -0.417. The van der Waals surface area contributed by atoms with Gasteiger partial charge < -0.3 is 20.5 Å². The Bertz CT molecular complexity index is 1290. The van der Waals surface area contributed by atoms with E-state index in [1.165, 1.54) is 0 Å². The van der Waals surface area contributed by atoms with E-state index in [1.54, 1.807) is 0 Å². The highest BCUT2D eigenvalue weighted by Crippen LogP contribution is 2.31. The van der Waals surface area contributed by atoms with Crippen molar-refractivity contribution in [2.24, 2.45) is 5.73 Å². The lowest BCUT2D eigenvalue weighted by molar-refractivity contribution is -0.121. The fourth-order valence-electron chi connectivity index (χ4n) is 4.18. The third-order valence-electron chi connectivity index (χ3n) is 5.95. The third kappa shape index (κ3) is 6.93. The Morgan fingerprint density at radius 1 is 0.750 bits per heavy atom. The van der Waals surface area contributed by atoms with Crippen molar-refractivity contribution in [3.63, 3.8) is 0 Å². The van der Waals surface area contributed by atoms with E-state index < -0.39 is 18.1 Å². The molecular formula is C30H30N2O4. The molecule has 0 spiro atoms. The Morgan fingerprint density at radius 3 is 2.08 bits per heavy atom. The quantitative estimate of drug-likeness (QED) is 0.298. The van der Waals surface area contributed by atoms with Crippen molar-refractivity contribution in [1.29, 1.82) is 0 Å². The van der Waals surface area contributed by atoms with Crippen molar-refractivity contribution in [3.8, 4) is 0 Å². The molecule has 0 heterocycles. The van der Waals surface area contributed by atoms with Crippen molar-refractivity contribution >= 4 is 22.8 Å². The highest BCUT2D eigenvalue weighted by Gasteiger charge is 2.19. The van der Waals surface area contributed by atoms with Gasteiger partial charge in [0.2, 0.25) is 5.91 Å². The molecule has 3 N–H and O–H groups in total. The number of ether oxygens (including phenoxy) is 2. The molecule has 0 aromatic heterocycles. The number of nitrogens with one attached hydrogen (secondary N) is 1. The van der Waals surface area contributed by atoms with Crippen LogP contribution in [0.5, 0.6) is 0 Å². The first-order valence-electron chi connectivity index (χ1n) is 12.0. The summed E-state index contributed by atoms with van der Waals surface area (Å²) in [6.07, 6.45) is -0.194. The zero-order valence-corrected chi connectivity index (χ0v) is 20.1. The van der Waals surface area contributed by atoms with Crippen LogP contribution in [0.1, 0.15) is 34.8 Å². The largest absolute Gasteiger partial charge is 0.445 e. The van der Waals surface area contributed by atoms with Crippen molar-refractivity contribution in [1.82, 2.24) is 5.32 Å². The fourth-order valence-corrected chi connectivity index (χ4v) is 4.18. The second kappa shape index (κ2) is 12.5. The molecule has 6 heteroatoms. The molecule has 0 aliphatic heterocycles. The highest BCUT2D eigenvalue weighted by molar-refractivity contribution is 5.89. The van der Waals surface area contributed by atoms with Gasteiger partial charge in [0.05, 0.1) is 19.1 Å². The molecule has 0 saturated carbocycles. The summed E-state index contributed by atoms with van der Waals surface area (Å²) in [6, 6.07) is 31.4. The van der Waals surface area contributed by atoms with Crippen LogP contribution in [0.2, 0.25) is 0 Å². The van der Waals surface area contributed by atoms with E-state index in [1.807, 2.05) is 97.1 Å². The van der Waals surface area contributed by atoms with Gasteiger partial charge in [0, 0.05) is 6.54 Å². The summed E-state index contributed by atoms with van der Waals surface area (Å²) < 4.78 is 11.5. The topological polar surface area (TPSA) is 90.7 Å². The number of hydrogen-bond donors (Lipinski definition) is 2. The minimum Gasteiger partial charge on any atom is -0.445 e. The molecule has 4 aromatic carbocycles. The van der Waals surface area contributed by atoms with Gasteiger partial charge in [-0.05, 0) is 39.4 Å². The van der Waals surface area contributed by atoms with Crippen molar-refractivity contribution in [3.05, 3.63) is 119 Å². The van der Waals surface area contributed by atoms with Gasteiger partial charge in [0.1, 0.15) is 6.61 Å². The molecule has 0 aliphatic carbocycles. The van der Waals surface area contributed by atoms with E-state index >= 15 is 0 Å². The number of alkyl carbamates (subject to hydrolysis) is 1. The van der Waals surface area contributed by atoms with Crippen molar-refractivity contribution < 1.29 is 19.1 Å². The molecule has 36 heavy (non-hydrogen) atoms. The summed E-state index contributed by atoms with van der Waals surface area (Å²) in [4.78, 5) is 23.9. The molecule has 1 unspecified atom stereocenters. The van der Waals surface area contributed by atoms with Crippen molar-refractivity contribution in [2.75, 3.05) is 6.54 Å². The minimum absolute atomic E-state index is 0.0883. The first-order chi connectivity index (χ1) is 17.6. The molecular weight excluding hydrogens is 452 g/mol. The smallest absolute Gasteiger partial charge is 0.407 e. The van der Waals surface area contributed by atoms with Gasteiger partial charge in [0.15, 0.2) is 0 Å². The number of benzene rings is 4. The summed E-state index contributed by atoms with van der Waals surface area (Å²) >= 11 is 0. The standard InChI is InChI=1S/C30H30N2O4/c31-29(33)19-28(35-20-22-9-3-1-4-10-22)27-16-8-14-25-24(13-7-15-26(25)27)17-18-32-30(34)36-21-23-11-5-2-6-12-23/h1-16,28H,17-21H2,(H2,31,33)(H,32,34). The monoisotopic (exact) mass is 482 g/mol. The van der Waals surface area contributed by atoms with Gasteiger partial charge in [-0.1, -0.05) is 97.1 Å². The second-order valence-corrected chi connectivity index (χ2v) is 8.55. The molecule has 4 rings (SSSR count). The van der Waals surface area contributed by atoms with Crippen LogP contribution in [0.4, 0.5) is 4.79 Å². The lowest BCUT2D eigenvalue weighted by Crippen LogP contribution is -2.26. The van der Waals surface area contributed by atoms with Gasteiger partial charge in [-0.3, -0.25) is 4.79 Å². The van der Waals surface area contributed by atoms with Crippen LogP contribution in [0.25, 0.3) is 10.8 Å². The SMILES string of the molecule is NC(=O)CC(OCc1ccccc1)c1cccc2c(CCNC(=O)OCc3ccccc3)cccc12. The third-order valence-corrected chi connectivity index (χ3v) is 5.95. The number of carbonyl (C=O) groups excluding carboxylic acids is 2. The first-order valence-corrected chi connectivity index (χ1v) is 12.0. The maximum Gasteiger partial charge on any atom is 0.407 e. The lowest BCUT2D eigenvalue weighted by Gasteiger charge is -2.20. The second-order valence-electron chi connectivity index (χ2n) is 8.55. The highest BCUT2D eigenvalue weighted by atomic mass is 16.5. The number of hydrogen-bond acceptors (Lipinski definition) is 4. The Kier molecular flexibility index (Phi) is 8.67. The van der Waals surface area contributed by atoms with E-state index in [0.717, 1.165) is 33.0 Å². The van der Waals surface area contributed by atoms with E-state index in [-0.39, 0.29) is 13.0 Å². The molecule has 4 aromatic rings. The number of primary amides is 1. The molecule has 2 amide bonds.